The summed E-state index contributed by atoms with van der Waals surface area (Å²) >= 11 is 2.06. The lowest BCUT2D eigenvalue weighted by Crippen LogP contribution is -2.52. The highest BCUT2D eigenvalue weighted by Crippen LogP contribution is 2.62. The first kappa shape index (κ1) is 14.0. The summed E-state index contributed by atoms with van der Waals surface area (Å²) in [5.74, 6) is 0. The first-order chi connectivity index (χ1) is 8.02. The second-order valence-electron chi connectivity index (χ2n) is 7.27. The first-order valence-corrected chi connectivity index (χ1v) is 7.64. The zero-order valence-electron chi connectivity index (χ0n) is 13.1. The quantitative estimate of drug-likeness (QED) is 0.595. The summed E-state index contributed by atoms with van der Waals surface area (Å²) in [6.07, 6.45) is 0. The highest BCUT2D eigenvalue weighted by atomic mass is 32.2. The maximum Gasteiger partial charge on any atom is 0.0210 e. The van der Waals surface area contributed by atoms with Crippen molar-refractivity contribution >= 4 is 11.8 Å². The molecule has 0 fully saturated rings. The molecule has 1 aliphatic heterocycles. The third-order valence-electron chi connectivity index (χ3n) is 5.61. The third-order valence-corrected chi connectivity index (χ3v) is 7.36. The van der Waals surface area contributed by atoms with Crippen molar-refractivity contribution in [3.8, 4) is 0 Å². The zero-order chi connectivity index (χ0) is 13.9. The Kier molecular flexibility index (Phi) is 2.94. The van der Waals surface area contributed by atoms with Gasteiger partial charge in [0.2, 0.25) is 0 Å². The van der Waals surface area contributed by atoms with E-state index in [9.17, 15) is 0 Å². The van der Waals surface area contributed by atoms with Crippen LogP contribution in [0.25, 0.3) is 0 Å². The van der Waals surface area contributed by atoms with E-state index in [2.05, 4.69) is 79.3 Å². The molecule has 0 saturated heterocycles. The fourth-order valence-electron chi connectivity index (χ4n) is 3.14. The molecular formula is C17H26S. The minimum absolute atomic E-state index is 0.202. The molecular weight excluding hydrogens is 236 g/mol. The Morgan fingerprint density at radius 2 is 1.33 bits per heavy atom. The van der Waals surface area contributed by atoms with Gasteiger partial charge < -0.3 is 0 Å². The van der Waals surface area contributed by atoms with Crippen LogP contribution in [0.3, 0.4) is 0 Å². The topological polar surface area (TPSA) is 0 Å². The monoisotopic (exact) mass is 262 g/mol. The van der Waals surface area contributed by atoms with E-state index >= 15 is 0 Å². The molecule has 0 aromatic heterocycles. The summed E-state index contributed by atoms with van der Waals surface area (Å²) in [5.41, 5.74) is 4.90. The molecule has 100 valence electrons. The van der Waals surface area contributed by atoms with E-state index in [1.54, 1.807) is 5.56 Å². The summed E-state index contributed by atoms with van der Waals surface area (Å²) in [6, 6.07) is 4.55. The van der Waals surface area contributed by atoms with Crippen LogP contribution in [0.4, 0.5) is 0 Å². The van der Waals surface area contributed by atoms with Crippen molar-refractivity contribution in [2.24, 2.45) is 5.41 Å². The van der Waals surface area contributed by atoms with Gasteiger partial charge in [0.1, 0.15) is 0 Å². The molecule has 1 heteroatoms. The second kappa shape index (κ2) is 3.79. The van der Waals surface area contributed by atoms with Crippen LogP contribution in [-0.2, 0) is 5.41 Å². The highest BCUT2D eigenvalue weighted by Gasteiger charge is 2.54. The summed E-state index contributed by atoms with van der Waals surface area (Å²) < 4.78 is 0.252. The maximum atomic E-state index is 2.42. The standard InChI is InChI=1S/C17H26S/c1-11-9-10-12(2)14-13(11)15(3,4)16(5,6)17(7,8)18-14/h9-10H,1-8H3. The second-order valence-corrected chi connectivity index (χ2v) is 8.90. The van der Waals surface area contributed by atoms with Crippen molar-refractivity contribution in [3.05, 3.63) is 28.8 Å². The van der Waals surface area contributed by atoms with Gasteiger partial charge >= 0.3 is 0 Å². The molecule has 0 radical (unpaired) electrons. The number of rotatable bonds is 0. The molecule has 0 saturated carbocycles. The van der Waals surface area contributed by atoms with Crippen molar-refractivity contribution in [3.63, 3.8) is 0 Å². The molecule has 0 unspecified atom stereocenters. The number of hydrogen-bond donors (Lipinski definition) is 0. The average molecular weight is 262 g/mol. The highest BCUT2D eigenvalue weighted by molar-refractivity contribution is 8.00. The molecule has 0 aliphatic carbocycles. The lowest BCUT2D eigenvalue weighted by Gasteiger charge is -2.57. The molecule has 0 amide bonds. The van der Waals surface area contributed by atoms with E-state index in [0.717, 1.165) is 0 Å². The normalized spacial score (nSPS) is 23.6. The van der Waals surface area contributed by atoms with Crippen molar-refractivity contribution in [2.45, 2.75) is 70.4 Å². The summed E-state index contributed by atoms with van der Waals surface area (Å²) in [5, 5.41) is 0. The zero-order valence-corrected chi connectivity index (χ0v) is 13.9. The van der Waals surface area contributed by atoms with Gasteiger partial charge in [-0.3, -0.25) is 0 Å². The van der Waals surface area contributed by atoms with Gasteiger partial charge in [0.05, 0.1) is 0 Å². The molecule has 1 aromatic rings. The van der Waals surface area contributed by atoms with Crippen molar-refractivity contribution in [1.82, 2.24) is 0 Å². The van der Waals surface area contributed by atoms with Crippen LogP contribution in [0.5, 0.6) is 0 Å². The summed E-state index contributed by atoms with van der Waals surface area (Å²) in [6.45, 7) is 19.0. The smallest absolute Gasteiger partial charge is 0.0210 e. The van der Waals surface area contributed by atoms with Gasteiger partial charge in [0.25, 0.3) is 0 Å². The Hall–Kier alpha value is -0.430. The van der Waals surface area contributed by atoms with E-state index in [1.165, 1.54) is 16.0 Å². The van der Waals surface area contributed by atoms with Gasteiger partial charge in [0.15, 0.2) is 0 Å². The minimum atomic E-state index is 0.202. The lowest BCUT2D eigenvalue weighted by atomic mass is 9.57. The Morgan fingerprint density at radius 1 is 0.833 bits per heavy atom. The number of hydrogen-bond acceptors (Lipinski definition) is 1. The largest absolute Gasteiger partial charge is 0.119 e. The molecule has 2 rings (SSSR count). The lowest BCUT2D eigenvalue weighted by molar-refractivity contribution is 0.139. The molecule has 1 aliphatic rings. The summed E-state index contributed by atoms with van der Waals surface area (Å²) in [4.78, 5) is 1.52. The van der Waals surface area contributed by atoms with E-state index in [1.807, 2.05) is 0 Å². The third kappa shape index (κ3) is 1.59. The molecule has 0 atom stereocenters. The predicted octanol–water partition coefficient (Wildman–Crippen LogP) is 5.49. The number of benzene rings is 1. The number of fused-ring (bicyclic) bond motifs is 1. The van der Waals surface area contributed by atoms with Gasteiger partial charge in [-0.15, -0.1) is 11.8 Å². The first-order valence-electron chi connectivity index (χ1n) is 6.82. The molecule has 0 N–H and O–H groups in total. The van der Waals surface area contributed by atoms with Gasteiger partial charge in [-0.05, 0) is 55.2 Å². The minimum Gasteiger partial charge on any atom is -0.119 e. The molecule has 0 nitrogen and oxygen atoms in total. The number of aryl methyl sites for hydroxylation is 2. The van der Waals surface area contributed by atoms with Crippen LogP contribution in [0.1, 0.15) is 58.2 Å². The number of thioether (sulfide) groups is 1. The Balaban J connectivity index is 2.81. The van der Waals surface area contributed by atoms with Crippen LogP contribution in [0, 0.1) is 19.3 Å². The Labute approximate surface area is 117 Å². The molecule has 0 bridgehead atoms. The van der Waals surface area contributed by atoms with Crippen molar-refractivity contribution < 1.29 is 0 Å². The van der Waals surface area contributed by atoms with Gasteiger partial charge in [-0.2, -0.15) is 0 Å². The van der Waals surface area contributed by atoms with Crippen LogP contribution < -0.4 is 0 Å². The van der Waals surface area contributed by atoms with Crippen LogP contribution in [0.2, 0.25) is 0 Å². The van der Waals surface area contributed by atoms with E-state index in [0.29, 0.717) is 0 Å². The van der Waals surface area contributed by atoms with Crippen LogP contribution in [0.15, 0.2) is 17.0 Å². The summed E-state index contributed by atoms with van der Waals surface area (Å²) in [7, 11) is 0. The Morgan fingerprint density at radius 3 is 1.89 bits per heavy atom. The molecule has 1 aromatic carbocycles. The predicted molar refractivity (Wildman–Crippen MR) is 82.7 cm³/mol. The van der Waals surface area contributed by atoms with E-state index < -0.39 is 0 Å². The SMILES string of the molecule is Cc1ccc(C)c2c1SC(C)(C)C(C)(C)C2(C)C. The van der Waals surface area contributed by atoms with Crippen molar-refractivity contribution in [1.29, 1.82) is 0 Å². The van der Waals surface area contributed by atoms with Gasteiger partial charge in [0, 0.05) is 9.64 Å². The van der Waals surface area contributed by atoms with Crippen LogP contribution in [-0.4, -0.2) is 4.75 Å². The molecule has 0 spiro atoms. The van der Waals surface area contributed by atoms with E-state index in [-0.39, 0.29) is 15.6 Å². The van der Waals surface area contributed by atoms with Gasteiger partial charge in [-0.1, -0.05) is 39.8 Å². The average Bonchev–Trinajstić information content (AvgIpc) is 2.20. The maximum absolute atomic E-state index is 2.42. The van der Waals surface area contributed by atoms with Gasteiger partial charge in [-0.25, -0.2) is 0 Å². The van der Waals surface area contributed by atoms with Crippen molar-refractivity contribution in [2.75, 3.05) is 0 Å². The molecule has 1 heterocycles. The van der Waals surface area contributed by atoms with Crippen LogP contribution >= 0.6 is 11.8 Å². The van der Waals surface area contributed by atoms with E-state index in [4.69, 9.17) is 0 Å². The Bertz CT molecular complexity index is 493. The fourth-order valence-corrected chi connectivity index (χ4v) is 4.91. The molecule has 18 heavy (non-hydrogen) atoms. The fraction of sp³-hybridized carbons (Fsp3) is 0.647.